The largest absolute Gasteiger partial charge is 0.343 e. The van der Waals surface area contributed by atoms with Gasteiger partial charge in [0, 0.05) is 62.2 Å². The Kier molecular flexibility index (Phi) is 7.01. The highest BCUT2D eigenvalue weighted by Crippen LogP contribution is 2.36. The lowest BCUT2D eigenvalue weighted by atomic mass is 9.87. The van der Waals surface area contributed by atoms with Gasteiger partial charge in [0.1, 0.15) is 0 Å². The van der Waals surface area contributed by atoms with E-state index in [-0.39, 0.29) is 11.8 Å². The molecule has 2 heterocycles. The van der Waals surface area contributed by atoms with Crippen molar-refractivity contribution in [2.24, 2.45) is 0 Å². The zero-order valence-electron chi connectivity index (χ0n) is 20.9. The summed E-state index contributed by atoms with van der Waals surface area (Å²) in [5, 5.41) is 1.23. The summed E-state index contributed by atoms with van der Waals surface area (Å²) in [6.45, 7) is 9.75. The molecular weight excluding hydrogens is 430 g/mol. The van der Waals surface area contributed by atoms with Crippen LogP contribution in [-0.2, 0) is 11.3 Å². The van der Waals surface area contributed by atoms with Crippen LogP contribution < -0.4 is 0 Å². The molecule has 35 heavy (non-hydrogen) atoms. The van der Waals surface area contributed by atoms with Gasteiger partial charge in [-0.3, -0.25) is 4.79 Å². The van der Waals surface area contributed by atoms with Crippen LogP contribution in [0.5, 0.6) is 0 Å². The maximum Gasteiger partial charge on any atom is 0.223 e. The first kappa shape index (κ1) is 23.4. The number of nitrogens with zero attached hydrogens (tertiary/aromatic N) is 3. The van der Waals surface area contributed by atoms with Gasteiger partial charge in [0.25, 0.3) is 0 Å². The number of hydrogen-bond donors (Lipinski definition) is 0. The van der Waals surface area contributed by atoms with Crippen LogP contribution in [-0.4, -0.2) is 53.0 Å². The molecule has 0 bridgehead atoms. The number of amides is 1. The molecule has 1 aliphatic rings. The lowest BCUT2D eigenvalue weighted by molar-refractivity contribution is -0.133. The minimum atomic E-state index is 0.0224. The van der Waals surface area contributed by atoms with Gasteiger partial charge in [0.15, 0.2) is 0 Å². The smallest absolute Gasteiger partial charge is 0.223 e. The third-order valence-electron chi connectivity index (χ3n) is 7.42. The molecule has 4 nitrogen and oxygen atoms in total. The Labute approximate surface area is 208 Å². The van der Waals surface area contributed by atoms with E-state index < -0.39 is 0 Å². The third kappa shape index (κ3) is 5.18. The van der Waals surface area contributed by atoms with Gasteiger partial charge in [-0.15, -0.1) is 0 Å². The minimum absolute atomic E-state index is 0.0224. The van der Waals surface area contributed by atoms with Crippen LogP contribution in [0.15, 0.2) is 85.1 Å². The van der Waals surface area contributed by atoms with Gasteiger partial charge in [-0.1, -0.05) is 85.3 Å². The molecule has 0 unspecified atom stereocenters. The molecule has 1 saturated heterocycles. The number of aryl methyl sites for hydroxylation is 1. The van der Waals surface area contributed by atoms with Crippen molar-refractivity contribution >= 4 is 16.8 Å². The van der Waals surface area contributed by atoms with E-state index in [1.165, 1.54) is 33.2 Å². The van der Waals surface area contributed by atoms with Crippen molar-refractivity contribution in [3.63, 3.8) is 0 Å². The molecule has 4 aromatic rings. The maximum atomic E-state index is 13.6. The normalized spacial score (nSPS) is 15.4. The summed E-state index contributed by atoms with van der Waals surface area (Å²) >= 11 is 0. The average Bonchev–Trinajstić information content (AvgIpc) is 3.26. The van der Waals surface area contributed by atoms with Crippen molar-refractivity contribution in [1.82, 2.24) is 14.4 Å². The Morgan fingerprint density at radius 2 is 1.54 bits per heavy atom. The Hall–Kier alpha value is -3.37. The van der Waals surface area contributed by atoms with Gasteiger partial charge in [-0.25, -0.2) is 0 Å². The van der Waals surface area contributed by atoms with Crippen molar-refractivity contribution < 1.29 is 4.79 Å². The Bertz CT molecular complexity index is 1270. The number of hydrogen-bond acceptors (Lipinski definition) is 2. The lowest BCUT2D eigenvalue weighted by Crippen LogP contribution is -2.48. The fourth-order valence-corrected chi connectivity index (χ4v) is 5.29. The van der Waals surface area contributed by atoms with E-state index in [9.17, 15) is 4.79 Å². The highest BCUT2D eigenvalue weighted by Gasteiger charge is 2.27. The number of rotatable bonds is 7. The van der Waals surface area contributed by atoms with E-state index in [4.69, 9.17) is 0 Å². The predicted molar refractivity (Wildman–Crippen MR) is 144 cm³/mol. The van der Waals surface area contributed by atoms with Crippen molar-refractivity contribution in [1.29, 1.82) is 0 Å². The number of piperazine rings is 1. The third-order valence-corrected chi connectivity index (χ3v) is 7.42. The molecule has 0 saturated carbocycles. The zero-order valence-corrected chi connectivity index (χ0v) is 20.9. The van der Waals surface area contributed by atoms with Crippen LogP contribution in [0.25, 0.3) is 10.9 Å². The summed E-state index contributed by atoms with van der Waals surface area (Å²) in [6, 6.07) is 27.9. The molecule has 0 aliphatic carbocycles. The Morgan fingerprint density at radius 1 is 0.857 bits per heavy atom. The zero-order chi connectivity index (χ0) is 24.2. The highest BCUT2D eigenvalue weighted by molar-refractivity contribution is 5.87. The molecule has 0 spiro atoms. The van der Waals surface area contributed by atoms with Crippen molar-refractivity contribution in [2.75, 3.05) is 32.7 Å². The molecule has 1 fully saturated rings. The van der Waals surface area contributed by atoms with Crippen molar-refractivity contribution in [2.45, 2.75) is 32.7 Å². The van der Waals surface area contributed by atoms with E-state index in [1.54, 1.807) is 0 Å². The number of benzene rings is 3. The lowest BCUT2D eigenvalue weighted by Gasteiger charge is -2.35. The summed E-state index contributed by atoms with van der Waals surface area (Å²) in [6.07, 6.45) is 2.78. The summed E-state index contributed by atoms with van der Waals surface area (Å²) in [7, 11) is 0. The van der Waals surface area contributed by atoms with Crippen LogP contribution in [0, 0.1) is 6.92 Å². The molecule has 5 rings (SSSR count). The second-order valence-corrected chi connectivity index (χ2v) is 9.70. The summed E-state index contributed by atoms with van der Waals surface area (Å²) in [5.41, 5.74) is 6.17. The predicted octanol–water partition coefficient (Wildman–Crippen LogP) is 5.68. The fourth-order valence-electron chi connectivity index (χ4n) is 5.29. The minimum Gasteiger partial charge on any atom is -0.343 e. The number of carbonyl (C=O) groups is 1. The number of aromatic nitrogens is 1. The molecule has 1 atom stereocenters. The van der Waals surface area contributed by atoms with E-state index in [1.807, 2.05) is 0 Å². The Balaban J connectivity index is 1.51. The first-order valence-corrected chi connectivity index (χ1v) is 12.8. The average molecular weight is 466 g/mol. The number of carbonyl (C=O) groups excluding carboxylic acids is 1. The number of likely N-dealkylation sites (N-methyl/N-ethyl adjacent to an activating group) is 1. The van der Waals surface area contributed by atoms with E-state index in [0.29, 0.717) is 6.42 Å². The first-order valence-electron chi connectivity index (χ1n) is 12.8. The molecule has 3 aromatic carbocycles. The van der Waals surface area contributed by atoms with Crippen LogP contribution >= 0.6 is 0 Å². The molecule has 180 valence electrons. The van der Waals surface area contributed by atoms with E-state index >= 15 is 0 Å². The Morgan fingerprint density at radius 3 is 2.26 bits per heavy atom. The molecule has 4 heteroatoms. The van der Waals surface area contributed by atoms with E-state index in [2.05, 4.69) is 113 Å². The fraction of sp³-hybridized carbons (Fsp3) is 0.323. The summed E-state index contributed by atoms with van der Waals surface area (Å²) in [4.78, 5) is 18.0. The van der Waals surface area contributed by atoms with Crippen molar-refractivity contribution in [3.8, 4) is 0 Å². The van der Waals surface area contributed by atoms with Crippen LogP contribution in [0.3, 0.4) is 0 Å². The van der Waals surface area contributed by atoms with Gasteiger partial charge in [-0.05, 0) is 36.2 Å². The monoisotopic (exact) mass is 465 g/mol. The standard InChI is InChI=1S/C31H35N3O/c1-3-32-17-19-33(20-18-32)31(35)21-28(26-15-13-24(2)14-16-26)29-23-34(22-25-9-5-4-6-10-25)30-12-8-7-11-27(29)30/h4-16,23,28H,3,17-22H2,1-2H3/t28-/m0/s1. The highest BCUT2D eigenvalue weighted by atomic mass is 16.2. The maximum absolute atomic E-state index is 13.6. The van der Waals surface area contributed by atoms with Gasteiger partial charge >= 0.3 is 0 Å². The SMILES string of the molecule is CCN1CCN(C(=O)C[C@@H](c2ccc(C)cc2)c2cn(Cc3ccccc3)c3ccccc23)CC1. The number of para-hydroxylation sites is 1. The quantitative estimate of drug-likeness (QED) is 0.351. The molecule has 1 amide bonds. The van der Waals surface area contributed by atoms with Crippen LogP contribution in [0.1, 0.15) is 41.5 Å². The van der Waals surface area contributed by atoms with Gasteiger partial charge in [0.05, 0.1) is 0 Å². The second-order valence-electron chi connectivity index (χ2n) is 9.70. The molecule has 1 aliphatic heterocycles. The molecule has 0 radical (unpaired) electrons. The number of fused-ring (bicyclic) bond motifs is 1. The van der Waals surface area contributed by atoms with Gasteiger partial charge in [0.2, 0.25) is 5.91 Å². The molecule has 0 N–H and O–H groups in total. The summed E-state index contributed by atoms with van der Waals surface area (Å²) in [5.74, 6) is 0.278. The first-order chi connectivity index (χ1) is 17.1. The van der Waals surface area contributed by atoms with Crippen LogP contribution in [0.4, 0.5) is 0 Å². The summed E-state index contributed by atoms with van der Waals surface area (Å²) < 4.78 is 2.34. The van der Waals surface area contributed by atoms with Crippen LogP contribution in [0.2, 0.25) is 0 Å². The molecular formula is C31H35N3O. The second kappa shape index (κ2) is 10.5. The topological polar surface area (TPSA) is 28.5 Å². The van der Waals surface area contributed by atoms with E-state index in [0.717, 1.165) is 39.3 Å². The van der Waals surface area contributed by atoms with Gasteiger partial charge < -0.3 is 14.4 Å². The van der Waals surface area contributed by atoms with Gasteiger partial charge in [-0.2, -0.15) is 0 Å². The molecule has 1 aromatic heterocycles. The van der Waals surface area contributed by atoms with Crippen molar-refractivity contribution in [3.05, 3.63) is 107 Å².